The Morgan fingerprint density at radius 1 is 1.29 bits per heavy atom. The van der Waals surface area contributed by atoms with Crippen LogP contribution in [0.25, 0.3) is 22.2 Å². The fourth-order valence-corrected chi connectivity index (χ4v) is 2.94. The van der Waals surface area contributed by atoms with Crippen LogP contribution in [0.3, 0.4) is 0 Å². The Balaban J connectivity index is 2.12. The molecule has 7 nitrogen and oxygen atoms in total. The minimum Gasteiger partial charge on any atom is -0.430 e. The third kappa shape index (κ3) is 2.55. The van der Waals surface area contributed by atoms with Crippen LogP contribution >= 0.6 is 0 Å². The molecule has 0 radical (unpaired) electrons. The van der Waals surface area contributed by atoms with E-state index in [1.807, 2.05) is 33.8 Å². The number of rotatable bonds is 4. The summed E-state index contributed by atoms with van der Waals surface area (Å²) in [6, 6.07) is 1.93. The van der Waals surface area contributed by atoms with Gasteiger partial charge >= 0.3 is 0 Å². The maximum atomic E-state index is 12.7. The van der Waals surface area contributed by atoms with E-state index in [1.54, 1.807) is 4.90 Å². The molecule has 3 heterocycles. The van der Waals surface area contributed by atoms with E-state index in [1.165, 1.54) is 10.9 Å². The minimum atomic E-state index is -0.365. The highest BCUT2D eigenvalue weighted by molar-refractivity contribution is 6.02. The van der Waals surface area contributed by atoms with E-state index in [9.17, 15) is 9.59 Å². The lowest BCUT2D eigenvalue weighted by molar-refractivity contribution is -0.131. The number of amides is 1. The third-order valence-electron chi connectivity index (χ3n) is 4.17. The molecule has 0 aromatic carbocycles. The number of nitrogens with zero attached hydrogens (tertiary/aromatic N) is 4. The number of furan rings is 1. The Kier molecular flexibility index (Phi) is 4.09. The number of hydrogen-bond acceptors (Lipinski definition) is 5. The standard InChI is InChI=1S/C17H20N4O3/c1-5-20(6-2)12(22)8-21-9-18-14-13-10(3)7-11(4)19-16(13)24-15(14)17(21)23/h7,9H,5-6,8H2,1-4H3. The van der Waals surface area contributed by atoms with Crippen molar-refractivity contribution in [3.63, 3.8) is 0 Å². The van der Waals surface area contributed by atoms with Gasteiger partial charge in [-0.25, -0.2) is 9.97 Å². The summed E-state index contributed by atoms with van der Waals surface area (Å²) in [5.41, 5.74) is 2.44. The minimum absolute atomic E-state index is 0.0497. The van der Waals surface area contributed by atoms with Crippen molar-refractivity contribution in [3.8, 4) is 0 Å². The molecule has 0 aliphatic heterocycles. The first-order chi connectivity index (χ1) is 11.5. The average molecular weight is 328 g/mol. The second kappa shape index (κ2) is 6.07. The van der Waals surface area contributed by atoms with Crippen molar-refractivity contribution in [2.45, 2.75) is 34.2 Å². The van der Waals surface area contributed by atoms with Crippen molar-refractivity contribution in [2.24, 2.45) is 0 Å². The summed E-state index contributed by atoms with van der Waals surface area (Å²) >= 11 is 0. The van der Waals surface area contributed by atoms with Gasteiger partial charge in [0.2, 0.25) is 17.2 Å². The molecule has 126 valence electrons. The van der Waals surface area contributed by atoms with E-state index in [-0.39, 0.29) is 23.6 Å². The van der Waals surface area contributed by atoms with Crippen molar-refractivity contribution in [3.05, 3.63) is 34.0 Å². The molecular weight excluding hydrogens is 308 g/mol. The van der Waals surface area contributed by atoms with Crippen LogP contribution in [0.5, 0.6) is 0 Å². The van der Waals surface area contributed by atoms with Crippen LogP contribution in [0.2, 0.25) is 0 Å². The zero-order chi connectivity index (χ0) is 17.4. The molecule has 3 rings (SSSR count). The van der Waals surface area contributed by atoms with Gasteiger partial charge in [-0.2, -0.15) is 0 Å². The molecule has 0 saturated heterocycles. The monoisotopic (exact) mass is 328 g/mol. The van der Waals surface area contributed by atoms with E-state index < -0.39 is 0 Å². The molecule has 0 atom stereocenters. The van der Waals surface area contributed by atoms with Crippen molar-refractivity contribution in [1.82, 2.24) is 19.4 Å². The summed E-state index contributed by atoms with van der Waals surface area (Å²) in [6.07, 6.45) is 1.40. The fourth-order valence-electron chi connectivity index (χ4n) is 2.94. The molecule has 1 amide bonds. The molecule has 3 aromatic heterocycles. The van der Waals surface area contributed by atoms with Gasteiger partial charge in [0.15, 0.2) is 0 Å². The Bertz CT molecular complexity index is 983. The van der Waals surface area contributed by atoms with Crippen LogP contribution in [-0.4, -0.2) is 38.4 Å². The Hall–Kier alpha value is -2.70. The Labute approximate surface area is 138 Å². The first kappa shape index (κ1) is 16.2. The number of pyridine rings is 1. The van der Waals surface area contributed by atoms with Gasteiger partial charge in [-0.05, 0) is 39.3 Å². The smallest absolute Gasteiger partial charge is 0.297 e. The van der Waals surface area contributed by atoms with Gasteiger partial charge in [-0.15, -0.1) is 0 Å². The lowest BCUT2D eigenvalue weighted by Gasteiger charge is -2.18. The van der Waals surface area contributed by atoms with Crippen molar-refractivity contribution in [2.75, 3.05) is 13.1 Å². The molecule has 0 N–H and O–H groups in total. The van der Waals surface area contributed by atoms with E-state index in [2.05, 4.69) is 9.97 Å². The van der Waals surface area contributed by atoms with Crippen molar-refractivity contribution >= 4 is 28.1 Å². The van der Waals surface area contributed by atoms with Crippen molar-refractivity contribution in [1.29, 1.82) is 0 Å². The summed E-state index contributed by atoms with van der Waals surface area (Å²) in [5, 5.41) is 0.745. The SMILES string of the molecule is CCN(CC)C(=O)Cn1cnc2c(oc3nc(C)cc(C)c32)c1=O. The van der Waals surface area contributed by atoms with Crippen LogP contribution in [0, 0.1) is 13.8 Å². The van der Waals surface area contributed by atoms with Gasteiger partial charge in [-0.1, -0.05) is 0 Å². The first-order valence-electron chi connectivity index (χ1n) is 7.99. The largest absolute Gasteiger partial charge is 0.430 e. The van der Waals surface area contributed by atoms with Crippen LogP contribution in [0.15, 0.2) is 21.6 Å². The second-order valence-electron chi connectivity index (χ2n) is 5.78. The molecule has 0 spiro atoms. The Morgan fingerprint density at radius 3 is 2.67 bits per heavy atom. The molecule has 7 heteroatoms. The molecule has 3 aromatic rings. The lowest BCUT2D eigenvalue weighted by Crippen LogP contribution is -2.36. The number of aryl methyl sites for hydroxylation is 2. The number of carbonyl (C=O) groups is 1. The maximum absolute atomic E-state index is 12.7. The third-order valence-corrected chi connectivity index (χ3v) is 4.17. The first-order valence-corrected chi connectivity index (χ1v) is 7.99. The highest BCUT2D eigenvalue weighted by atomic mass is 16.3. The van der Waals surface area contributed by atoms with Crippen LogP contribution < -0.4 is 5.56 Å². The van der Waals surface area contributed by atoms with Gasteiger partial charge < -0.3 is 9.32 Å². The summed E-state index contributed by atoms with van der Waals surface area (Å²) in [7, 11) is 0. The number of hydrogen-bond donors (Lipinski definition) is 0. The molecular formula is C17H20N4O3. The van der Waals surface area contributed by atoms with Gasteiger partial charge in [0.25, 0.3) is 5.56 Å². The molecule has 0 aliphatic carbocycles. The predicted octanol–water partition coefficient (Wildman–Crippen LogP) is 2.02. The molecule has 0 unspecified atom stereocenters. The quantitative estimate of drug-likeness (QED) is 0.732. The van der Waals surface area contributed by atoms with Gasteiger partial charge in [-0.3, -0.25) is 14.2 Å². The van der Waals surface area contributed by atoms with Crippen LogP contribution in [-0.2, 0) is 11.3 Å². The molecule has 0 saturated carbocycles. The average Bonchev–Trinajstić information content (AvgIpc) is 2.90. The second-order valence-corrected chi connectivity index (χ2v) is 5.78. The fraction of sp³-hybridized carbons (Fsp3) is 0.412. The topological polar surface area (TPSA) is 81.2 Å². The molecule has 0 fully saturated rings. The zero-order valence-electron chi connectivity index (χ0n) is 14.3. The van der Waals surface area contributed by atoms with E-state index in [0.29, 0.717) is 24.3 Å². The predicted molar refractivity (Wildman–Crippen MR) is 91.0 cm³/mol. The van der Waals surface area contributed by atoms with Crippen LogP contribution in [0.4, 0.5) is 0 Å². The van der Waals surface area contributed by atoms with Crippen LogP contribution in [0.1, 0.15) is 25.1 Å². The Morgan fingerprint density at radius 2 is 2.00 bits per heavy atom. The maximum Gasteiger partial charge on any atom is 0.297 e. The summed E-state index contributed by atoms with van der Waals surface area (Å²) < 4.78 is 6.93. The number of likely N-dealkylation sites (N-methyl/N-ethyl adjacent to an activating group) is 1. The number of fused-ring (bicyclic) bond motifs is 3. The zero-order valence-corrected chi connectivity index (χ0v) is 14.3. The highest BCUT2D eigenvalue weighted by Crippen LogP contribution is 2.26. The van der Waals surface area contributed by atoms with E-state index in [0.717, 1.165) is 16.6 Å². The summed E-state index contributed by atoms with van der Waals surface area (Å²) in [5.74, 6) is -0.121. The summed E-state index contributed by atoms with van der Waals surface area (Å²) in [6.45, 7) is 8.77. The van der Waals surface area contributed by atoms with Gasteiger partial charge in [0, 0.05) is 18.8 Å². The summed E-state index contributed by atoms with van der Waals surface area (Å²) in [4.78, 5) is 35.2. The molecule has 0 bridgehead atoms. The number of carbonyl (C=O) groups excluding carboxylic acids is 1. The van der Waals surface area contributed by atoms with E-state index in [4.69, 9.17) is 4.42 Å². The lowest BCUT2D eigenvalue weighted by atomic mass is 10.1. The normalized spacial score (nSPS) is 11.3. The molecule has 24 heavy (non-hydrogen) atoms. The van der Waals surface area contributed by atoms with E-state index >= 15 is 0 Å². The van der Waals surface area contributed by atoms with Crippen molar-refractivity contribution < 1.29 is 9.21 Å². The molecule has 0 aliphatic rings. The number of aromatic nitrogens is 3. The highest BCUT2D eigenvalue weighted by Gasteiger charge is 2.18. The van der Waals surface area contributed by atoms with Gasteiger partial charge in [0.1, 0.15) is 12.1 Å². The van der Waals surface area contributed by atoms with Gasteiger partial charge in [0.05, 0.1) is 11.7 Å².